The Morgan fingerprint density at radius 1 is 1.06 bits per heavy atom. The van der Waals surface area contributed by atoms with Gasteiger partial charge < -0.3 is 10.5 Å². The number of benzene rings is 2. The molecule has 0 unspecified atom stereocenters. The predicted octanol–water partition coefficient (Wildman–Crippen LogP) is 3.85. The molecule has 0 spiro atoms. The van der Waals surface area contributed by atoms with Crippen molar-refractivity contribution >= 4 is 17.3 Å². The summed E-state index contributed by atoms with van der Waals surface area (Å²) in [5.74, 6) is 0.585. The SMILES string of the molecule is Nc1cccc(Oc2ccc(F)c(Cl)c2)c1. The molecule has 4 heteroatoms. The molecule has 82 valence electrons. The number of anilines is 1. The summed E-state index contributed by atoms with van der Waals surface area (Å²) in [7, 11) is 0. The van der Waals surface area contributed by atoms with E-state index < -0.39 is 5.82 Å². The standard InChI is InChI=1S/C12H9ClFNO/c13-11-7-10(4-5-12(11)14)16-9-3-1-2-8(15)6-9/h1-7H,15H2. The summed E-state index contributed by atoms with van der Waals surface area (Å²) in [5, 5.41) is 0.0291. The average Bonchev–Trinajstić information content (AvgIpc) is 2.24. The van der Waals surface area contributed by atoms with Gasteiger partial charge in [-0.2, -0.15) is 0 Å². The van der Waals surface area contributed by atoms with Crippen molar-refractivity contribution in [3.8, 4) is 11.5 Å². The predicted molar refractivity (Wildman–Crippen MR) is 62.3 cm³/mol. The fourth-order valence-corrected chi connectivity index (χ4v) is 1.42. The van der Waals surface area contributed by atoms with Crippen LogP contribution in [0.5, 0.6) is 11.5 Å². The first-order valence-corrected chi connectivity index (χ1v) is 5.01. The van der Waals surface area contributed by atoms with Crippen LogP contribution >= 0.6 is 11.6 Å². The van der Waals surface area contributed by atoms with Crippen LogP contribution in [0.1, 0.15) is 0 Å². The summed E-state index contributed by atoms with van der Waals surface area (Å²) < 4.78 is 18.4. The first-order valence-electron chi connectivity index (χ1n) is 4.63. The zero-order valence-corrected chi connectivity index (χ0v) is 9.04. The van der Waals surface area contributed by atoms with Gasteiger partial charge >= 0.3 is 0 Å². The summed E-state index contributed by atoms with van der Waals surface area (Å²) in [4.78, 5) is 0. The highest BCUT2D eigenvalue weighted by Crippen LogP contribution is 2.26. The number of rotatable bonds is 2. The van der Waals surface area contributed by atoms with Gasteiger partial charge in [-0.25, -0.2) is 4.39 Å². The molecule has 0 aliphatic rings. The molecule has 0 heterocycles. The number of hydrogen-bond donors (Lipinski definition) is 1. The summed E-state index contributed by atoms with van der Waals surface area (Å²) in [6, 6.07) is 11.1. The van der Waals surface area contributed by atoms with Crippen LogP contribution in [-0.4, -0.2) is 0 Å². The van der Waals surface area contributed by atoms with Crippen molar-refractivity contribution in [3.05, 3.63) is 53.3 Å². The Balaban J connectivity index is 2.24. The lowest BCUT2D eigenvalue weighted by atomic mass is 10.3. The average molecular weight is 238 g/mol. The van der Waals surface area contributed by atoms with Gasteiger partial charge in [0.15, 0.2) is 0 Å². The molecule has 0 fully saturated rings. The molecule has 0 aromatic heterocycles. The lowest BCUT2D eigenvalue weighted by Crippen LogP contribution is -1.88. The first-order chi connectivity index (χ1) is 7.65. The number of ether oxygens (including phenoxy) is 1. The number of hydrogen-bond acceptors (Lipinski definition) is 2. The van der Waals surface area contributed by atoms with Crippen LogP contribution in [-0.2, 0) is 0 Å². The van der Waals surface area contributed by atoms with Crippen LogP contribution < -0.4 is 10.5 Å². The monoisotopic (exact) mass is 237 g/mol. The van der Waals surface area contributed by atoms with Crippen LogP contribution in [0, 0.1) is 5.82 Å². The van der Waals surface area contributed by atoms with E-state index in [4.69, 9.17) is 22.1 Å². The number of nitrogen functional groups attached to an aromatic ring is 1. The van der Waals surface area contributed by atoms with Crippen LogP contribution in [0.15, 0.2) is 42.5 Å². The third-order valence-corrected chi connectivity index (χ3v) is 2.27. The van der Waals surface area contributed by atoms with E-state index in [0.29, 0.717) is 17.2 Å². The van der Waals surface area contributed by atoms with Gasteiger partial charge in [-0.1, -0.05) is 17.7 Å². The molecule has 2 aromatic rings. The maximum absolute atomic E-state index is 12.9. The van der Waals surface area contributed by atoms with E-state index in [2.05, 4.69) is 0 Å². The molecule has 16 heavy (non-hydrogen) atoms. The molecule has 2 rings (SSSR count). The smallest absolute Gasteiger partial charge is 0.142 e. The molecule has 0 aliphatic carbocycles. The molecule has 0 atom stereocenters. The third-order valence-electron chi connectivity index (χ3n) is 1.98. The van der Waals surface area contributed by atoms with E-state index >= 15 is 0 Å². The fraction of sp³-hybridized carbons (Fsp3) is 0. The second kappa shape index (κ2) is 4.41. The first kappa shape index (κ1) is 10.8. The van der Waals surface area contributed by atoms with Crippen molar-refractivity contribution in [2.24, 2.45) is 0 Å². The van der Waals surface area contributed by atoms with Gasteiger partial charge in [0, 0.05) is 17.8 Å². The largest absolute Gasteiger partial charge is 0.457 e. The Hall–Kier alpha value is -1.74. The summed E-state index contributed by atoms with van der Waals surface area (Å²) in [5.41, 5.74) is 6.20. The Morgan fingerprint density at radius 3 is 2.50 bits per heavy atom. The van der Waals surface area contributed by atoms with Gasteiger partial charge in [-0.3, -0.25) is 0 Å². The van der Waals surface area contributed by atoms with Crippen molar-refractivity contribution in [3.63, 3.8) is 0 Å². The molecular weight excluding hydrogens is 229 g/mol. The Bertz CT molecular complexity index is 516. The zero-order valence-electron chi connectivity index (χ0n) is 8.28. The van der Waals surface area contributed by atoms with Crippen molar-refractivity contribution < 1.29 is 9.13 Å². The number of halogens is 2. The van der Waals surface area contributed by atoms with Gasteiger partial charge in [0.1, 0.15) is 17.3 Å². The molecule has 0 bridgehead atoms. The highest BCUT2D eigenvalue weighted by Gasteiger charge is 2.02. The lowest BCUT2D eigenvalue weighted by molar-refractivity contribution is 0.481. The van der Waals surface area contributed by atoms with Gasteiger partial charge in [0.25, 0.3) is 0 Å². The van der Waals surface area contributed by atoms with E-state index in [9.17, 15) is 4.39 Å². The summed E-state index contributed by atoms with van der Waals surface area (Å²) >= 11 is 5.63. The molecule has 0 saturated carbocycles. The second-order valence-electron chi connectivity index (χ2n) is 3.25. The van der Waals surface area contributed by atoms with E-state index in [1.54, 1.807) is 24.3 Å². The molecule has 0 saturated heterocycles. The van der Waals surface area contributed by atoms with Crippen LogP contribution in [0.25, 0.3) is 0 Å². The van der Waals surface area contributed by atoms with Gasteiger partial charge in [0.05, 0.1) is 5.02 Å². The van der Waals surface area contributed by atoms with Crippen molar-refractivity contribution in [1.82, 2.24) is 0 Å². The van der Waals surface area contributed by atoms with Gasteiger partial charge in [0.2, 0.25) is 0 Å². The van der Waals surface area contributed by atoms with Gasteiger partial charge in [-0.15, -0.1) is 0 Å². The highest BCUT2D eigenvalue weighted by molar-refractivity contribution is 6.30. The van der Waals surface area contributed by atoms with Crippen molar-refractivity contribution in [1.29, 1.82) is 0 Å². The molecule has 0 aliphatic heterocycles. The van der Waals surface area contributed by atoms with Crippen molar-refractivity contribution in [2.75, 3.05) is 5.73 Å². The Labute approximate surface area is 97.4 Å². The van der Waals surface area contributed by atoms with E-state index in [0.717, 1.165) is 0 Å². The van der Waals surface area contributed by atoms with Crippen LogP contribution in [0.2, 0.25) is 5.02 Å². The minimum atomic E-state index is -0.471. The lowest BCUT2D eigenvalue weighted by Gasteiger charge is -2.06. The third kappa shape index (κ3) is 2.44. The summed E-state index contributed by atoms with van der Waals surface area (Å²) in [6.45, 7) is 0. The Kier molecular flexibility index (Phi) is 2.97. The van der Waals surface area contributed by atoms with E-state index in [1.165, 1.54) is 18.2 Å². The minimum absolute atomic E-state index is 0.0291. The normalized spacial score (nSPS) is 10.1. The molecule has 0 amide bonds. The minimum Gasteiger partial charge on any atom is -0.457 e. The molecule has 2 nitrogen and oxygen atoms in total. The zero-order chi connectivity index (χ0) is 11.5. The topological polar surface area (TPSA) is 35.2 Å². The quantitative estimate of drug-likeness (QED) is 0.805. The van der Waals surface area contributed by atoms with E-state index in [1.807, 2.05) is 0 Å². The molecule has 0 radical (unpaired) electrons. The molecule has 2 aromatic carbocycles. The van der Waals surface area contributed by atoms with Crippen molar-refractivity contribution in [2.45, 2.75) is 0 Å². The number of nitrogens with two attached hydrogens (primary N) is 1. The van der Waals surface area contributed by atoms with E-state index in [-0.39, 0.29) is 5.02 Å². The maximum Gasteiger partial charge on any atom is 0.142 e. The molecule has 2 N–H and O–H groups in total. The van der Waals surface area contributed by atoms with Crippen LogP contribution in [0.3, 0.4) is 0 Å². The van der Waals surface area contributed by atoms with Gasteiger partial charge in [-0.05, 0) is 24.3 Å². The summed E-state index contributed by atoms with van der Waals surface area (Å²) in [6.07, 6.45) is 0. The maximum atomic E-state index is 12.9. The highest BCUT2D eigenvalue weighted by atomic mass is 35.5. The molecular formula is C12H9ClFNO. The second-order valence-corrected chi connectivity index (χ2v) is 3.66. The fourth-order valence-electron chi connectivity index (χ4n) is 1.25. The van der Waals surface area contributed by atoms with Crippen LogP contribution in [0.4, 0.5) is 10.1 Å². The Morgan fingerprint density at radius 2 is 1.81 bits per heavy atom.